The molecule has 7 heteroatoms. The van der Waals surface area contributed by atoms with Gasteiger partial charge in [0.1, 0.15) is 5.01 Å². The highest BCUT2D eigenvalue weighted by Gasteiger charge is 2.08. The lowest BCUT2D eigenvalue weighted by atomic mass is 10.2. The Morgan fingerprint density at radius 3 is 2.67 bits per heavy atom. The number of anilines is 1. The summed E-state index contributed by atoms with van der Waals surface area (Å²) in [6.07, 6.45) is 4.40. The summed E-state index contributed by atoms with van der Waals surface area (Å²) in [5.41, 5.74) is 2.56. The molecule has 4 nitrogen and oxygen atoms in total. The molecule has 2 aromatic heterocycles. The largest absolute Gasteiger partial charge is 0.326 e. The van der Waals surface area contributed by atoms with Gasteiger partial charge < -0.3 is 5.32 Å². The first-order chi connectivity index (χ1) is 11.6. The molecule has 1 aromatic carbocycles. The van der Waals surface area contributed by atoms with Gasteiger partial charge in [0, 0.05) is 35.4 Å². The zero-order chi connectivity index (χ0) is 16.9. The zero-order valence-electron chi connectivity index (χ0n) is 12.5. The number of carbonyl (C=O) groups is 1. The average molecular weight is 378 g/mol. The van der Waals surface area contributed by atoms with Crippen molar-refractivity contribution in [2.75, 3.05) is 5.32 Å². The summed E-state index contributed by atoms with van der Waals surface area (Å²) >= 11 is 13.3. The SMILES string of the molecule is O=C(CCc1csc(-c2ccncc2)n1)Nc1ccc(Cl)c(Cl)c1. The van der Waals surface area contributed by atoms with Crippen LogP contribution in [0.25, 0.3) is 10.6 Å². The molecule has 0 radical (unpaired) electrons. The fourth-order valence-corrected chi connectivity index (χ4v) is 3.25. The molecule has 0 bridgehead atoms. The number of nitrogens with zero attached hydrogens (tertiary/aromatic N) is 2. The maximum atomic E-state index is 12.0. The van der Waals surface area contributed by atoms with Crippen molar-refractivity contribution in [2.45, 2.75) is 12.8 Å². The van der Waals surface area contributed by atoms with Crippen LogP contribution in [0.2, 0.25) is 10.0 Å². The summed E-state index contributed by atoms with van der Waals surface area (Å²) in [6.45, 7) is 0. The van der Waals surface area contributed by atoms with E-state index in [-0.39, 0.29) is 5.91 Å². The third kappa shape index (κ3) is 4.32. The van der Waals surface area contributed by atoms with Crippen molar-refractivity contribution in [3.8, 4) is 10.6 Å². The van der Waals surface area contributed by atoms with Crippen molar-refractivity contribution in [2.24, 2.45) is 0 Å². The molecule has 0 spiro atoms. The number of aryl methyl sites for hydroxylation is 1. The Kier molecular flexibility index (Phi) is 5.45. The van der Waals surface area contributed by atoms with Crippen molar-refractivity contribution in [1.82, 2.24) is 9.97 Å². The number of thiazole rings is 1. The zero-order valence-corrected chi connectivity index (χ0v) is 14.8. The number of halogens is 2. The van der Waals surface area contributed by atoms with Gasteiger partial charge in [0.15, 0.2) is 0 Å². The lowest BCUT2D eigenvalue weighted by Crippen LogP contribution is -2.12. The van der Waals surface area contributed by atoms with E-state index in [9.17, 15) is 4.79 Å². The van der Waals surface area contributed by atoms with E-state index in [1.54, 1.807) is 41.9 Å². The summed E-state index contributed by atoms with van der Waals surface area (Å²) in [5, 5.41) is 6.58. The number of nitrogens with one attached hydrogen (secondary N) is 1. The lowest BCUT2D eigenvalue weighted by Gasteiger charge is -2.05. The predicted octanol–water partition coefficient (Wildman–Crippen LogP) is 5.08. The number of pyridine rings is 1. The molecule has 24 heavy (non-hydrogen) atoms. The Labute approximate surface area is 153 Å². The minimum absolute atomic E-state index is 0.0909. The molecule has 3 rings (SSSR count). The number of hydrogen-bond donors (Lipinski definition) is 1. The molecule has 0 aliphatic carbocycles. The van der Waals surface area contributed by atoms with E-state index in [1.165, 1.54) is 0 Å². The topological polar surface area (TPSA) is 54.9 Å². The standard InChI is InChI=1S/C17H13Cl2N3OS/c18-14-3-1-12(9-15(14)19)21-16(23)4-2-13-10-24-17(22-13)11-5-7-20-8-6-11/h1,3,5-10H,2,4H2,(H,21,23). The van der Waals surface area contributed by atoms with E-state index in [2.05, 4.69) is 15.3 Å². The average Bonchev–Trinajstić information content (AvgIpc) is 3.06. The second-order valence-corrected chi connectivity index (χ2v) is 6.73. The first-order valence-electron chi connectivity index (χ1n) is 7.21. The third-order valence-electron chi connectivity index (χ3n) is 3.29. The van der Waals surface area contributed by atoms with Gasteiger partial charge in [-0.3, -0.25) is 9.78 Å². The number of carbonyl (C=O) groups excluding carboxylic acids is 1. The van der Waals surface area contributed by atoms with E-state index in [0.717, 1.165) is 16.3 Å². The molecule has 0 saturated heterocycles. The summed E-state index contributed by atoms with van der Waals surface area (Å²) in [6, 6.07) is 8.84. The Morgan fingerprint density at radius 2 is 1.92 bits per heavy atom. The van der Waals surface area contributed by atoms with Gasteiger partial charge in [-0.25, -0.2) is 4.98 Å². The quantitative estimate of drug-likeness (QED) is 0.673. The second kappa shape index (κ2) is 7.75. The molecule has 0 fully saturated rings. The summed E-state index contributed by atoms with van der Waals surface area (Å²) in [7, 11) is 0. The first-order valence-corrected chi connectivity index (χ1v) is 8.85. The molecule has 0 aliphatic heterocycles. The van der Waals surface area contributed by atoms with E-state index in [0.29, 0.717) is 28.6 Å². The summed E-state index contributed by atoms with van der Waals surface area (Å²) in [4.78, 5) is 20.6. The highest BCUT2D eigenvalue weighted by molar-refractivity contribution is 7.13. The van der Waals surface area contributed by atoms with Crippen LogP contribution in [0, 0.1) is 0 Å². The van der Waals surface area contributed by atoms with E-state index in [4.69, 9.17) is 23.2 Å². The minimum atomic E-state index is -0.0909. The highest BCUT2D eigenvalue weighted by atomic mass is 35.5. The van der Waals surface area contributed by atoms with Gasteiger partial charge in [-0.05, 0) is 36.8 Å². The number of aromatic nitrogens is 2. The third-order valence-corrected chi connectivity index (χ3v) is 4.97. The summed E-state index contributed by atoms with van der Waals surface area (Å²) in [5.74, 6) is -0.0909. The van der Waals surface area contributed by atoms with Crippen LogP contribution in [-0.4, -0.2) is 15.9 Å². The number of hydrogen-bond acceptors (Lipinski definition) is 4. The Morgan fingerprint density at radius 1 is 1.12 bits per heavy atom. The maximum Gasteiger partial charge on any atom is 0.224 e. The van der Waals surface area contributed by atoms with Crippen LogP contribution < -0.4 is 5.32 Å². The van der Waals surface area contributed by atoms with Crippen LogP contribution >= 0.6 is 34.5 Å². The number of rotatable bonds is 5. The Balaban J connectivity index is 1.56. The van der Waals surface area contributed by atoms with Gasteiger partial charge in [0.05, 0.1) is 15.7 Å². The van der Waals surface area contributed by atoms with E-state index in [1.807, 2.05) is 17.5 Å². The van der Waals surface area contributed by atoms with Crippen LogP contribution in [-0.2, 0) is 11.2 Å². The van der Waals surface area contributed by atoms with Gasteiger partial charge in [-0.2, -0.15) is 0 Å². The van der Waals surface area contributed by atoms with Crippen molar-refractivity contribution in [1.29, 1.82) is 0 Å². The first kappa shape index (κ1) is 16.9. The predicted molar refractivity (Wildman–Crippen MR) is 98.8 cm³/mol. The van der Waals surface area contributed by atoms with Crippen molar-refractivity contribution < 1.29 is 4.79 Å². The molecule has 0 saturated carbocycles. The highest BCUT2D eigenvalue weighted by Crippen LogP contribution is 2.25. The Bertz CT molecular complexity index is 852. The molecule has 0 aliphatic rings. The van der Waals surface area contributed by atoms with Crippen molar-refractivity contribution in [3.63, 3.8) is 0 Å². The van der Waals surface area contributed by atoms with Crippen LogP contribution in [0.1, 0.15) is 12.1 Å². The molecule has 2 heterocycles. The van der Waals surface area contributed by atoms with Crippen LogP contribution in [0.15, 0.2) is 48.1 Å². The maximum absolute atomic E-state index is 12.0. The molecular weight excluding hydrogens is 365 g/mol. The van der Waals surface area contributed by atoms with Gasteiger partial charge in [-0.15, -0.1) is 11.3 Å². The molecular formula is C17H13Cl2N3OS. The normalized spacial score (nSPS) is 10.6. The van der Waals surface area contributed by atoms with Gasteiger partial charge in [0.2, 0.25) is 5.91 Å². The molecule has 0 unspecified atom stereocenters. The molecule has 3 aromatic rings. The van der Waals surface area contributed by atoms with Crippen molar-refractivity contribution in [3.05, 3.63) is 63.8 Å². The lowest BCUT2D eigenvalue weighted by molar-refractivity contribution is -0.116. The van der Waals surface area contributed by atoms with Crippen LogP contribution in [0.4, 0.5) is 5.69 Å². The van der Waals surface area contributed by atoms with E-state index >= 15 is 0 Å². The van der Waals surface area contributed by atoms with Crippen molar-refractivity contribution >= 4 is 46.1 Å². The molecule has 1 amide bonds. The minimum Gasteiger partial charge on any atom is -0.326 e. The van der Waals surface area contributed by atoms with Gasteiger partial charge in [0.25, 0.3) is 0 Å². The monoisotopic (exact) mass is 377 g/mol. The smallest absolute Gasteiger partial charge is 0.224 e. The van der Waals surface area contributed by atoms with Crippen LogP contribution in [0.5, 0.6) is 0 Å². The molecule has 0 atom stereocenters. The molecule has 1 N–H and O–H groups in total. The van der Waals surface area contributed by atoms with Gasteiger partial charge >= 0.3 is 0 Å². The fourth-order valence-electron chi connectivity index (χ4n) is 2.09. The fraction of sp³-hybridized carbons (Fsp3) is 0.118. The van der Waals surface area contributed by atoms with Gasteiger partial charge in [-0.1, -0.05) is 23.2 Å². The summed E-state index contributed by atoms with van der Waals surface area (Å²) < 4.78 is 0. The Hall–Kier alpha value is -1.95. The molecule has 122 valence electrons. The number of benzene rings is 1. The number of amides is 1. The van der Waals surface area contributed by atoms with E-state index < -0.39 is 0 Å². The van der Waals surface area contributed by atoms with Crippen LogP contribution in [0.3, 0.4) is 0 Å². The second-order valence-electron chi connectivity index (χ2n) is 5.06.